The summed E-state index contributed by atoms with van der Waals surface area (Å²) in [4.78, 5) is 24.5. The number of hydrogen-bond acceptors (Lipinski definition) is 7. The largest absolute Gasteiger partial charge is 0.497 e. The number of nitrogens with zero attached hydrogens (tertiary/aromatic N) is 1. The van der Waals surface area contributed by atoms with E-state index in [1.54, 1.807) is 7.11 Å². The molecule has 1 aliphatic rings. The first-order valence-electron chi connectivity index (χ1n) is 13.1. The minimum absolute atomic E-state index is 0.0147. The number of carboxylic acids is 2. The van der Waals surface area contributed by atoms with Crippen LogP contribution in [-0.2, 0) is 9.59 Å². The van der Waals surface area contributed by atoms with Crippen LogP contribution in [0.25, 0.3) is 12.2 Å². The van der Waals surface area contributed by atoms with Crippen LogP contribution in [0.5, 0.6) is 23.0 Å². The number of rotatable bonds is 14. The zero-order chi connectivity index (χ0) is 28.3. The molecule has 0 saturated carbocycles. The van der Waals surface area contributed by atoms with Gasteiger partial charge >= 0.3 is 11.9 Å². The number of hydrogen-bond donors (Lipinski definition) is 2. The molecule has 1 atom stereocenters. The molecule has 4 rings (SSSR count). The average Bonchev–Trinajstić information content (AvgIpc) is 2.96. The number of carbonyl (C=O) groups is 2. The lowest BCUT2D eigenvalue weighted by molar-refractivity contribution is -0.145. The normalized spacial score (nSPS) is 14.3. The molecule has 9 nitrogen and oxygen atoms in total. The first-order chi connectivity index (χ1) is 19.4. The van der Waals surface area contributed by atoms with Crippen molar-refractivity contribution in [3.63, 3.8) is 0 Å². The highest BCUT2D eigenvalue weighted by Gasteiger charge is 2.31. The van der Waals surface area contributed by atoms with Crippen molar-refractivity contribution in [1.82, 2.24) is 0 Å². The number of anilines is 1. The molecule has 210 valence electrons. The van der Waals surface area contributed by atoms with E-state index in [9.17, 15) is 14.7 Å². The van der Waals surface area contributed by atoms with Crippen molar-refractivity contribution >= 4 is 29.8 Å². The van der Waals surface area contributed by atoms with Crippen LogP contribution in [0.4, 0.5) is 5.69 Å². The number of carboxylic acid groups (broad SMARTS) is 2. The van der Waals surface area contributed by atoms with Gasteiger partial charge in [0, 0.05) is 31.0 Å². The lowest BCUT2D eigenvalue weighted by Crippen LogP contribution is -2.45. The Hall–Kier alpha value is -4.66. The van der Waals surface area contributed by atoms with Crippen LogP contribution < -0.4 is 23.8 Å². The molecule has 40 heavy (non-hydrogen) atoms. The maximum absolute atomic E-state index is 11.7. The number of aliphatic carboxylic acids is 2. The Kier molecular flexibility index (Phi) is 9.88. The predicted molar refractivity (Wildman–Crippen MR) is 152 cm³/mol. The molecule has 3 aromatic rings. The number of ether oxygens (including phenoxy) is 4. The molecule has 0 amide bonds. The molecule has 1 unspecified atom stereocenters. The minimum atomic E-state index is -1.06. The maximum Gasteiger partial charge on any atom is 0.346 e. The second-order valence-electron chi connectivity index (χ2n) is 9.22. The maximum atomic E-state index is 11.7. The summed E-state index contributed by atoms with van der Waals surface area (Å²) in [6, 6.07) is 20.7. The summed E-state index contributed by atoms with van der Waals surface area (Å²) in [5, 5.41) is 18.6. The summed E-state index contributed by atoms with van der Waals surface area (Å²) in [7, 11) is 1.62. The molecule has 0 bridgehead atoms. The SMILES string of the molecule is COc1cccc(OCCCOc2ccc(/C=C/c3cccc4c3OC(C(=O)O)CN4CCCC(=O)O)cc2)c1. The standard InChI is InChI=1S/C31H33NO8/c1-37-25-7-3-8-26(20-25)39-19-5-18-38-24-15-12-22(13-16-24)11-14-23-6-2-9-27-30(23)40-28(31(35)36)21-32(27)17-4-10-29(33)34/h2-3,6-9,11-16,20,28H,4-5,10,17-19,21H2,1H3,(H,33,34)(H,35,36)/b14-11+. The fraction of sp³-hybridized carbons (Fsp3) is 0.290. The topological polar surface area (TPSA) is 115 Å². The van der Waals surface area contributed by atoms with Crippen LogP contribution >= 0.6 is 0 Å². The monoisotopic (exact) mass is 547 g/mol. The van der Waals surface area contributed by atoms with E-state index < -0.39 is 18.0 Å². The third-order valence-corrected chi connectivity index (χ3v) is 6.31. The second kappa shape index (κ2) is 13.9. The van der Waals surface area contributed by atoms with E-state index in [0.717, 1.165) is 40.5 Å². The van der Waals surface area contributed by atoms with Gasteiger partial charge in [0.15, 0.2) is 5.75 Å². The number of fused-ring (bicyclic) bond motifs is 1. The van der Waals surface area contributed by atoms with Crippen molar-refractivity contribution in [2.24, 2.45) is 0 Å². The van der Waals surface area contributed by atoms with Crippen LogP contribution in [0, 0.1) is 0 Å². The smallest absolute Gasteiger partial charge is 0.346 e. The van der Waals surface area contributed by atoms with Gasteiger partial charge in [-0.25, -0.2) is 4.79 Å². The fourth-order valence-electron chi connectivity index (χ4n) is 4.28. The Balaban J connectivity index is 1.33. The molecular formula is C31H33NO8. The molecule has 0 spiro atoms. The number of methoxy groups -OCH3 is 1. The first kappa shape index (κ1) is 28.4. The zero-order valence-corrected chi connectivity index (χ0v) is 22.3. The fourth-order valence-corrected chi connectivity index (χ4v) is 4.28. The van der Waals surface area contributed by atoms with Crippen LogP contribution in [-0.4, -0.2) is 61.7 Å². The van der Waals surface area contributed by atoms with Crippen molar-refractivity contribution in [3.05, 3.63) is 77.9 Å². The quantitative estimate of drug-likeness (QED) is 0.207. The van der Waals surface area contributed by atoms with Gasteiger partial charge in [-0.05, 0) is 42.3 Å². The summed E-state index contributed by atoms with van der Waals surface area (Å²) in [5.74, 6) is 0.793. The molecule has 9 heteroatoms. The van der Waals surface area contributed by atoms with Crippen LogP contribution in [0.2, 0.25) is 0 Å². The highest BCUT2D eigenvalue weighted by atomic mass is 16.5. The van der Waals surface area contributed by atoms with Gasteiger partial charge in [-0.2, -0.15) is 0 Å². The van der Waals surface area contributed by atoms with Gasteiger partial charge in [0.05, 0.1) is 32.6 Å². The second-order valence-corrected chi connectivity index (χ2v) is 9.22. The first-order valence-corrected chi connectivity index (χ1v) is 13.1. The average molecular weight is 548 g/mol. The summed E-state index contributed by atoms with van der Waals surface area (Å²) in [6.45, 7) is 1.62. The van der Waals surface area contributed by atoms with E-state index in [1.165, 1.54) is 0 Å². The molecular weight excluding hydrogens is 514 g/mol. The van der Waals surface area contributed by atoms with Gasteiger partial charge in [-0.15, -0.1) is 0 Å². The molecule has 0 radical (unpaired) electrons. The highest BCUT2D eigenvalue weighted by molar-refractivity contribution is 5.81. The Morgan fingerprint density at radius 2 is 1.65 bits per heavy atom. The van der Waals surface area contributed by atoms with E-state index in [-0.39, 0.29) is 13.0 Å². The van der Waals surface area contributed by atoms with Crippen LogP contribution in [0.3, 0.4) is 0 Å². The van der Waals surface area contributed by atoms with E-state index >= 15 is 0 Å². The Morgan fingerprint density at radius 1 is 0.925 bits per heavy atom. The Morgan fingerprint density at radius 3 is 2.38 bits per heavy atom. The lowest BCUT2D eigenvalue weighted by Gasteiger charge is -2.35. The molecule has 1 heterocycles. The molecule has 0 aliphatic carbocycles. The molecule has 1 aliphatic heterocycles. The summed E-state index contributed by atoms with van der Waals surface area (Å²) < 4.78 is 22.6. The molecule has 0 saturated heterocycles. The van der Waals surface area contributed by atoms with Crippen molar-refractivity contribution in [2.75, 3.05) is 38.3 Å². The van der Waals surface area contributed by atoms with E-state index in [1.807, 2.05) is 83.8 Å². The van der Waals surface area contributed by atoms with E-state index in [4.69, 9.17) is 24.1 Å². The zero-order valence-electron chi connectivity index (χ0n) is 22.3. The summed E-state index contributed by atoms with van der Waals surface area (Å²) >= 11 is 0. The molecule has 0 aromatic heterocycles. The molecule has 0 fully saturated rings. The molecule has 3 aromatic carbocycles. The third-order valence-electron chi connectivity index (χ3n) is 6.31. The van der Waals surface area contributed by atoms with Crippen LogP contribution in [0.15, 0.2) is 66.7 Å². The third kappa shape index (κ3) is 7.92. The number of para-hydroxylation sites is 1. The molecule has 2 N–H and O–H groups in total. The highest BCUT2D eigenvalue weighted by Crippen LogP contribution is 2.38. The van der Waals surface area contributed by atoms with Gasteiger partial charge in [-0.3, -0.25) is 4.79 Å². The van der Waals surface area contributed by atoms with Gasteiger partial charge in [0.2, 0.25) is 6.10 Å². The lowest BCUT2D eigenvalue weighted by atomic mass is 10.1. The van der Waals surface area contributed by atoms with Crippen molar-refractivity contribution < 1.29 is 38.7 Å². The summed E-state index contributed by atoms with van der Waals surface area (Å²) in [6.07, 6.45) is 3.91. The van der Waals surface area contributed by atoms with Crippen LogP contribution in [0.1, 0.15) is 30.4 Å². The minimum Gasteiger partial charge on any atom is -0.497 e. The van der Waals surface area contributed by atoms with Gasteiger partial charge in [-0.1, -0.05) is 42.5 Å². The van der Waals surface area contributed by atoms with Gasteiger partial charge < -0.3 is 34.1 Å². The van der Waals surface area contributed by atoms with E-state index in [0.29, 0.717) is 31.9 Å². The summed E-state index contributed by atoms with van der Waals surface area (Å²) in [5.41, 5.74) is 2.43. The predicted octanol–water partition coefficient (Wildman–Crippen LogP) is 5.23. The number of benzene rings is 3. The Labute approximate surface area is 233 Å². The Bertz CT molecular complexity index is 1320. The van der Waals surface area contributed by atoms with Gasteiger partial charge in [0.1, 0.15) is 17.2 Å². The van der Waals surface area contributed by atoms with Crippen molar-refractivity contribution in [3.8, 4) is 23.0 Å². The van der Waals surface area contributed by atoms with Gasteiger partial charge in [0.25, 0.3) is 0 Å². The van der Waals surface area contributed by atoms with E-state index in [2.05, 4.69) is 0 Å². The van der Waals surface area contributed by atoms with Crippen molar-refractivity contribution in [2.45, 2.75) is 25.4 Å². The van der Waals surface area contributed by atoms with Crippen molar-refractivity contribution in [1.29, 1.82) is 0 Å².